The maximum absolute atomic E-state index is 10.7. The summed E-state index contributed by atoms with van der Waals surface area (Å²) in [6.45, 7) is 1.05. The van der Waals surface area contributed by atoms with Crippen molar-refractivity contribution in [3.8, 4) is 11.5 Å². The Morgan fingerprint density at radius 1 is 1.46 bits per heavy atom. The molecule has 24 heavy (non-hydrogen) atoms. The second-order valence-electron chi connectivity index (χ2n) is 7.54. The number of alkyl halides is 1. The number of hydrogen-bond donors (Lipinski definition) is 1. The van der Waals surface area contributed by atoms with Gasteiger partial charge >= 0.3 is 0 Å². The molecule has 2 heterocycles. The summed E-state index contributed by atoms with van der Waals surface area (Å²) in [6, 6.07) is 2.63. The first kappa shape index (κ1) is 15.5. The highest BCUT2D eigenvalue weighted by atomic mass is 127. The van der Waals surface area contributed by atoms with Crippen LogP contribution in [0.3, 0.4) is 0 Å². The largest absolute Gasteiger partial charge is 0.493 e. The number of ether oxygens (including phenoxy) is 2. The van der Waals surface area contributed by atoms with Gasteiger partial charge in [0.25, 0.3) is 0 Å². The van der Waals surface area contributed by atoms with Crippen LogP contribution in [0.4, 0.5) is 0 Å². The van der Waals surface area contributed by atoms with Gasteiger partial charge in [-0.25, -0.2) is 0 Å². The van der Waals surface area contributed by atoms with Crippen molar-refractivity contribution in [2.24, 2.45) is 5.92 Å². The van der Waals surface area contributed by atoms with Crippen molar-refractivity contribution in [3.63, 3.8) is 0 Å². The third-order valence-corrected chi connectivity index (χ3v) is 7.54. The second-order valence-corrected chi connectivity index (χ2v) is 8.30. The molecule has 1 aromatic carbocycles. The Balaban J connectivity index is 1.85. The van der Waals surface area contributed by atoms with Gasteiger partial charge < -0.3 is 19.5 Å². The number of halogens is 1. The van der Waals surface area contributed by atoms with E-state index in [9.17, 15) is 5.11 Å². The smallest absolute Gasteiger partial charge is 0.166 e. The van der Waals surface area contributed by atoms with E-state index in [2.05, 4.69) is 46.7 Å². The average molecular weight is 439 g/mol. The Morgan fingerprint density at radius 3 is 3.04 bits per heavy atom. The van der Waals surface area contributed by atoms with Gasteiger partial charge in [-0.15, -0.1) is 0 Å². The fourth-order valence-corrected chi connectivity index (χ4v) is 6.34. The van der Waals surface area contributed by atoms with Crippen LogP contribution in [0.5, 0.6) is 11.5 Å². The molecule has 1 aromatic rings. The molecule has 4 nitrogen and oxygen atoms in total. The normalized spacial score (nSPS) is 38.7. The van der Waals surface area contributed by atoms with E-state index >= 15 is 0 Å². The highest BCUT2D eigenvalue weighted by molar-refractivity contribution is 14.1. The summed E-state index contributed by atoms with van der Waals surface area (Å²) in [6.07, 6.45) is 5.57. The fourth-order valence-electron chi connectivity index (χ4n) is 5.66. The molecule has 2 aliphatic carbocycles. The van der Waals surface area contributed by atoms with E-state index in [-0.39, 0.29) is 11.5 Å². The number of likely N-dealkylation sites (N-methyl/N-ethyl adjacent to an activating group) is 1. The van der Waals surface area contributed by atoms with E-state index in [1.165, 1.54) is 16.7 Å². The van der Waals surface area contributed by atoms with E-state index in [1.807, 2.05) is 6.08 Å². The average Bonchev–Trinajstić information content (AvgIpc) is 2.94. The van der Waals surface area contributed by atoms with Crippen LogP contribution in [0.15, 0.2) is 18.2 Å². The molecule has 1 spiro atoms. The van der Waals surface area contributed by atoms with E-state index in [0.717, 1.165) is 35.3 Å². The van der Waals surface area contributed by atoms with Gasteiger partial charge in [0.15, 0.2) is 11.5 Å². The summed E-state index contributed by atoms with van der Waals surface area (Å²) in [5.74, 6) is 2.13. The molecule has 5 heteroatoms. The summed E-state index contributed by atoms with van der Waals surface area (Å²) in [4.78, 5) is 2.50. The number of rotatable bonds is 2. The molecule has 2 bridgehead atoms. The molecule has 2 aliphatic heterocycles. The molecule has 0 amide bonds. The van der Waals surface area contributed by atoms with Gasteiger partial charge in [-0.3, -0.25) is 0 Å². The van der Waals surface area contributed by atoms with E-state index in [4.69, 9.17) is 9.47 Å². The van der Waals surface area contributed by atoms with Gasteiger partial charge in [-0.1, -0.05) is 34.7 Å². The van der Waals surface area contributed by atoms with Crippen molar-refractivity contribution < 1.29 is 14.6 Å². The Hall–Kier alpha value is -0.790. The molecule has 128 valence electrons. The molecule has 1 fully saturated rings. The highest BCUT2D eigenvalue weighted by Crippen LogP contribution is 2.63. The number of likely N-dealkylation sites (tertiary alicyclic amines) is 1. The summed E-state index contributed by atoms with van der Waals surface area (Å²) >= 11 is 2.44. The monoisotopic (exact) mass is 439 g/mol. The topological polar surface area (TPSA) is 41.9 Å². The zero-order valence-corrected chi connectivity index (χ0v) is 16.1. The van der Waals surface area contributed by atoms with Crippen molar-refractivity contribution in [3.05, 3.63) is 34.9 Å². The van der Waals surface area contributed by atoms with Crippen molar-refractivity contribution in [1.82, 2.24) is 4.90 Å². The van der Waals surface area contributed by atoms with Crippen LogP contribution in [0.1, 0.15) is 23.1 Å². The molecule has 5 rings (SSSR count). The van der Waals surface area contributed by atoms with Crippen molar-refractivity contribution in [2.75, 3.05) is 20.7 Å². The minimum absolute atomic E-state index is 0.0939. The zero-order valence-electron chi connectivity index (χ0n) is 14.0. The maximum atomic E-state index is 10.7. The van der Waals surface area contributed by atoms with Crippen LogP contribution in [0.25, 0.3) is 0 Å². The lowest BCUT2D eigenvalue weighted by molar-refractivity contribution is -0.0454. The lowest BCUT2D eigenvalue weighted by Gasteiger charge is -2.56. The molecule has 5 atom stereocenters. The first-order valence-corrected chi connectivity index (χ1v) is 10.2. The Kier molecular flexibility index (Phi) is 3.29. The minimum atomic E-state index is -0.545. The predicted octanol–water partition coefficient (Wildman–Crippen LogP) is 2.44. The molecular weight excluding hydrogens is 417 g/mol. The van der Waals surface area contributed by atoms with E-state index < -0.39 is 6.10 Å². The molecule has 0 radical (unpaired) electrons. The second kappa shape index (κ2) is 5.11. The van der Waals surface area contributed by atoms with Gasteiger partial charge in [0.2, 0.25) is 0 Å². The maximum Gasteiger partial charge on any atom is 0.166 e. The molecule has 4 aliphatic rings. The first-order valence-electron chi connectivity index (χ1n) is 8.64. The lowest BCUT2D eigenvalue weighted by Crippen LogP contribution is -2.64. The minimum Gasteiger partial charge on any atom is -0.493 e. The Morgan fingerprint density at radius 2 is 2.29 bits per heavy atom. The number of nitrogens with zero attached hydrogens (tertiary/aromatic N) is 1. The standard InChI is InChI=1S/C19H22INO3/c1-21-6-5-19-12-3-4-14(22)18(19)24-17-15(23-2)7-10(9-20)11(16(17)19)8-13(12)21/h3-4,7,12-14,18,22H,5-6,8-9H2,1-2H3/t12-,13+,14-,18-,19-/m0/s1. The third kappa shape index (κ3) is 1.66. The molecular formula is C19H22INO3. The van der Waals surface area contributed by atoms with Crippen molar-refractivity contribution in [1.29, 1.82) is 0 Å². The number of aliphatic hydroxyl groups excluding tert-OH is 1. The van der Waals surface area contributed by atoms with Gasteiger partial charge in [-0.05, 0) is 43.6 Å². The SMILES string of the molecule is COc1cc(CI)c2c3c1O[C@H]1[C@@H](O)C=C[C@H]4[C@@H](C2)N(C)CC[C@@]341. The van der Waals surface area contributed by atoms with Crippen molar-refractivity contribution >= 4 is 22.6 Å². The molecule has 1 saturated heterocycles. The van der Waals surface area contributed by atoms with Gasteiger partial charge in [0.1, 0.15) is 12.2 Å². The Bertz CT molecular complexity index is 749. The fraction of sp³-hybridized carbons (Fsp3) is 0.579. The summed E-state index contributed by atoms with van der Waals surface area (Å²) in [7, 11) is 3.95. The zero-order chi connectivity index (χ0) is 16.6. The van der Waals surface area contributed by atoms with Crippen molar-refractivity contribution in [2.45, 2.75) is 40.9 Å². The number of methoxy groups -OCH3 is 1. The Labute approximate surface area is 156 Å². The van der Waals surface area contributed by atoms with E-state index in [1.54, 1.807) is 7.11 Å². The summed E-state index contributed by atoms with van der Waals surface area (Å²) < 4.78 is 13.0. The number of hydrogen-bond acceptors (Lipinski definition) is 4. The predicted molar refractivity (Wildman–Crippen MR) is 100 cm³/mol. The van der Waals surface area contributed by atoms with E-state index in [0.29, 0.717) is 12.0 Å². The van der Waals surface area contributed by atoms with Crippen LogP contribution in [-0.4, -0.2) is 49.0 Å². The number of aliphatic hydroxyl groups is 1. The lowest BCUT2D eigenvalue weighted by atomic mass is 9.53. The quantitative estimate of drug-likeness (QED) is 0.437. The van der Waals surface area contributed by atoms with Gasteiger partial charge in [0, 0.05) is 27.4 Å². The van der Waals surface area contributed by atoms with Crippen LogP contribution < -0.4 is 9.47 Å². The molecule has 0 unspecified atom stereocenters. The highest BCUT2D eigenvalue weighted by Gasteiger charge is 2.64. The molecule has 1 N–H and O–H groups in total. The van der Waals surface area contributed by atoms with Gasteiger partial charge in [0.05, 0.1) is 7.11 Å². The summed E-state index contributed by atoms with van der Waals surface area (Å²) in [5, 5.41) is 10.7. The van der Waals surface area contributed by atoms with Crippen LogP contribution >= 0.6 is 22.6 Å². The number of benzene rings is 1. The van der Waals surface area contributed by atoms with Crippen LogP contribution in [0, 0.1) is 5.92 Å². The molecule has 0 saturated carbocycles. The third-order valence-electron chi connectivity index (χ3n) is 6.72. The summed E-state index contributed by atoms with van der Waals surface area (Å²) in [5.41, 5.74) is 4.05. The molecule has 0 aromatic heterocycles. The number of piperidine rings is 1. The van der Waals surface area contributed by atoms with Crippen LogP contribution in [-0.2, 0) is 16.3 Å². The van der Waals surface area contributed by atoms with Crippen LogP contribution in [0.2, 0.25) is 0 Å². The van der Waals surface area contributed by atoms with Gasteiger partial charge in [-0.2, -0.15) is 0 Å². The first-order chi connectivity index (χ1) is 11.6.